The highest BCUT2D eigenvalue weighted by Gasteiger charge is 2.15. The van der Waals surface area contributed by atoms with Crippen LogP contribution >= 0.6 is 0 Å². The Balaban J connectivity index is 1.67. The first kappa shape index (κ1) is 19.2. The lowest BCUT2D eigenvalue weighted by molar-refractivity contribution is -0.118. The number of nitrogens with zero attached hydrogens (tertiary/aromatic N) is 3. The molecule has 3 aromatic rings. The van der Waals surface area contributed by atoms with E-state index in [1.54, 1.807) is 49.2 Å². The molecule has 0 aliphatic rings. The van der Waals surface area contributed by atoms with Crippen molar-refractivity contribution in [3.63, 3.8) is 0 Å². The van der Waals surface area contributed by atoms with Gasteiger partial charge in [0.1, 0.15) is 0 Å². The first-order valence-corrected chi connectivity index (χ1v) is 8.70. The van der Waals surface area contributed by atoms with E-state index in [4.69, 9.17) is 4.42 Å². The molecule has 0 atom stereocenters. The van der Waals surface area contributed by atoms with Crippen molar-refractivity contribution in [2.24, 2.45) is 0 Å². The van der Waals surface area contributed by atoms with Gasteiger partial charge in [0, 0.05) is 43.0 Å². The highest BCUT2D eigenvalue weighted by atomic mass is 19.1. The van der Waals surface area contributed by atoms with Gasteiger partial charge in [-0.3, -0.25) is 9.59 Å². The molecule has 0 aliphatic heterocycles. The summed E-state index contributed by atoms with van der Waals surface area (Å²) in [4.78, 5) is 33.2. The standard InChI is InChI=1S/C20H19FN4O3/c1-3-17(26)25(2)15-8-6-13(7-9-15)20-24-12-16(28-20)19(27)23-11-14-5-4-10-22-18(14)21/h4-10,12H,3,11H2,1-2H3,(H,23,27). The summed E-state index contributed by atoms with van der Waals surface area (Å²) in [5, 5.41) is 2.57. The molecule has 2 amide bonds. The Morgan fingerprint density at radius 2 is 1.93 bits per heavy atom. The predicted molar refractivity (Wildman–Crippen MR) is 101 cm³/mol. The van der Waals surface area contributed by atoms with Crippen molar-refractivity contribution in [3.8, 4) is 11.5 Å². The Morgan fingerprint density at radius 3 is 2.61 bits per heavy atom. The number of nitrogens with one attached hydrogen (secondary N) is 1. The molecular weight excluding hydrogens is 363 g/mol. The Morgan fingerprint density at radius 1 is 1.18 bits per heavy atom. The third-order valence-corrected chi connectivity index (χ3v) is 4.18. The summed E-state index contributed by atoms with van der Waals surface area (Å²) in [6.07, 6.45) is 3.06. The smallest absolute Gasteiger partial charge is 0.289 e. The molecular formula is C20H19FN4O3. The summed E-state index contributed by atoms with van der Waals surface area (Å²) in [6, 6.07) is 10.2. The summed E-state index contributed by atoms with van der Waals surface area (Å²) >= 11 is 0. The van der Waals surface area contributed by atoms with E-state index < -0.39 is 11.9 Å². The number of oxazole rings is 1. The van der Waals surface area contributed by atoms with Gasteiger partial charge in [-0.1, -0.05) is 13.0 Å². The molecule has 2 aromatic heterocycles. The minimum Gasteiger partial charge on any atom is -0.431 e. The fourth-order valence-electron chi connectivity index (χ4n) is 2.54. The van der Waals surface area contributed by atoms with Crippen molar-refractivity contribution in [3.05, 3.63) is 66.1 Å². The highest BCUT2D eigenvalue weighted by Crippen LogP contribution is 2.23. The van der Waals surface area contributed by atoms with E-state index in [0.29, 0.717) is 12.0 Å². The van der Waals surface area contributed by atoms with Gasteiger partial charge in [-0.05, 0) is 30.3 Å². The number of hydrogen-bond donors (Lipinski definition) is 1. The van der Waals surface area contributed by atoms with Crippen LogP contribution in [-0.4, -0.2) is 28.8 Å². The molecule has 3 rings (SSSR count). The molecule has 28 heavy (non-hydrogen) atoms. The number of aromatic nitrogens is 2. The molecule has 1 aromatic carbocycles. The second kappa shape index (κ2) is 8.43. The molecule has 0 saturated carbocycles. The van der Waals surface area contributed by atoms with Crippen molar-refractivity contribution in [1.82, 2.24) is 15.3 Å². The lowest BCUT2D eigenvalue weighted by Crippen LogP contribution is -2.24. The zero-order valence-corrected chi connectivity index (χ0v) is 15.5. The number of benzene rings is 1. The summed E-state index contributed by atoms with van der Waals surface area (Å²) < 4.78 is 19.0. The monoisotopic (exact) mass is 382 g/mol. The fraction of sp³-hybridized carbons (Fsp3) is 0.200. The number of halogens is 1. The highest BCUT2D eigenvalue weighted by molar-refractivity contribution is 5.93. The van der Waals surface area contributed by atoms with Crippen molar-refractivity contribution >= 4 is 17.5 Å². The zero-order chi connectivity index (χ0) is 20.1. The van der Waals surface area contributed by atoms with Crippen LogP contribution in [0.1, 0.15) is 29.5 Å². The minimum absolute atomic E-state index is 0.00730. The molecule has 7 nitrogen and oxygen atoms in total. The quantitative estimate of drug-likeness (QED) is 0.662. The number of anilines is 1. The Kier molecular flexibility index (Phi) is 5.78. The molecule has 1 N–H and O–H groups in total. The molecule has 8 heteroatoms. The van der Waals surface area contributed by atoms with Crippen molar-refractivity contribution in [1.29, 1.82) is 0 Å². The van der Waals surface area contributed by atoms with Gasteiger partial charge in [0.05, 0.1) is 6.20 Å². The van der Waals surface area contributed by atoms with Gasteiger partial charge in [0.2, 0.25) is 23.5 Å². The van der Waals surface area contributed by atoms with Gasteiger partial charge in [0.15, 0.2) is 0 Å². The number of pyridine rings is 1. The van der Waals surface area contributed by atoms with Gasteiger partial charge in [-0.2, -0.15) is 4.39 Å². The lowest BCUT2D eigenvalue weighted by atomic mass is 10.2. The van der Waals surface area contributed by atoms with E-state index >= 15 is 0 Å². The average molecular weight is 382 g/mol. The van der Waals surface area contributed by atoms with Crippen LogP contribution in [0.4, 0.5) is 10.1 Å². The number of rotatable bonds is 6. The van der Waals surface area contributed by atoms with Crippen LogP contribution in [-0.2, 0) is 11.3 Å². The summed E-state index contributed by atoms with van der Waals surface area (Å²) in [5.41, 5.74) is 1.69. The largest absolute Gasteiger partial charge is 0.431 e. The minimum atomic E-state index is -0.632. The van der Waals surface area contributed by atoms with Gasteiger partial charge in [-0.25, -0.2) is 9.97 Å². The molecule has 0 bridgehead atoms. The normalized spacial score (nSPS) is 10.5. The third-order valence-electron chi connectivity index (χ3n) is 4.18. The molecule has 2 heterocycles. The third kappa shape index (κ3) is 4.22. The number of carbonyl (C=O) groups excluding carboxylic acids is 2. The maximum absolute atomic E-state index is 13.5. The summed E-state index contributed by atoms with van der Waals surface area (Å²) in [6.45, 7) is 1.79. The first-order valence-electron chi connectivity index (χ1n) is 8.70. The van der Waals surface area contributed by atoms with Crippen molar-refractivity contribution in [2.45, 2.75) is 19.9 Å². The average Bonchev–Trinajstić information content (AvgIpc) is 3.22. The van der Waals surface area contributed by atoms with Crippen LogP contribution in [0, 0.1) is 5.95 Å². The Bertz CT molecular complexity index is 985. The zero-order valence-electron chi connectivity index (χ0n) is 15.5. The molecule has 0 radical (unpaired) electrons. The van der Waals surface area contributed by atoms with E-state index in [9.17, 15) is 14.0 Å². The van der Waals surface area contributed by atoms with Gasteiger partial charge < -0.3 is 14.6 Å². The summed E-state index contributed by atoms with van der Waals surface area (Å²) in [5.74, 6) is -0.845. The maximum Gasteiger partial charge on any atom is 0.289 e. The van der Waals surface area contributed by atoms with E-state index in [1.807, 2.05) is 0 Å². The number of hydrogen-bond acceptors (Lipinski definition) is 5. The predicted octanol–water partition coefficient (Wildman–Crippen LogP) is 3.18. The van der Waals surface area contributed by atoms with Crippen LogP contribution < -0.4 is 10.2 Å². The van der Waals surface area contributed by atoms with Crippen molar-refractivity contribution in [2.75, 3.05) is 11.9 Å². The number of carbonyl (C=O) groups is 2. The van der Waals surface area contributed by atoms with E-state index in [0.717, 1.165) is 5.69 Å². The molecule has 0 unspecified atom stereocenters. The van der Waals surface area contributed by atoms with Gasteiger partial charge >= 0.3 is 0 Å². The SMILES string of the molecule is CCC(=O)N(C)c1ccc(-c2ncc(C(=O)NCc3cccnc3F)o2)cc1. The van der Waals surface area contributed by atoms with Crippen LogP contribution in [0.5, 0.6) is 0 Å². The van der Waals surface area contributed by atoms with Crippen LogP contribution in [0.25, 0.3) is 11.5 Å². The second-order valence-corrected chi connectivity index (χ2v) is 6.02. The van der Waals surface area contributed by atoms with E-state index in [-0.39, 0.29) is 29.7 Å². The van der Waals surface area contributed by atoms with Crippen molar-refractivity contribution < 1.29 is 18.4 Å². The summed E-state index contributed by atoms with van der Waals surface area (Å²) in [7, 11) is 1.71. The molecule has 0 aliphatic carbocycles. The van der Waals surface area contributed by atoms with Crippen LogP contribution in [0.3, 0.4) is 0 Å². The Hall–Kier alpha value is -3.55. The van der Waals surface area contributed by atoms with Gasteiger partial charge in [-0.15, -0.1) is 0 Å². The van der Waals surface area contributed by atoms with Crippen LogP contribution in [0.2, 0.25) is 0 Å². The lowest BCUT2D eigenvalue weighted by Gasteiger charge is -2.16. The molecule has 0 spiro atoms. The van der Waals surface area contributed by atoms with Crippen LogP contribution in [0.15, 0.2) is 53.2 Å². The molecule has 144 valence electrons. The molecule has 0 saturated heterocycles. The maximum atomic E-state index is 13.5. The second-order valence-electron chi connectivity index (χ2n) is 6.02. The van der Waals surface area contributed by atoms with E-state index in [2.05, 4.69) is 15.3 Å². The van der Waals surface area contributed by atoms with Gasteiger partial charge in [0.25, 0.3) is 5.91 Å². The number of amides is 2. The van der Waals surface area contributed by atoms with E-state index in [1.165, 1.54) is 18.5 Å². The molecule has 0 fully saturated rings. The fourth-order valence-corrected chi connectivity index (χ4v) is 2.54. The Labute approximate surface area is 161 Å². The first-order chi connectivity index (χ1) is 13.5. The topological polar surface area (TPSA) is 88.3 Å².